The predicted octanol–water partition coefficient (Wildman–Crippen LogP) is 1.10. The number of rotatable bonds is 2. The number of nitrogens with one attached hydrogen (secondary N) is 2. The molecule has 17 heavy (non-hydrogen) atoms. The van der Waals surface area contributed by atoms with Crippen LogP contribution in [0.25, 0.3) is 0 Å². The lowest BCUT2D eigenvalue weighted by Gasteiger charge is -2.35. The maximum absolute atomic E-state index is 11.9. The first-order chi connectivity index (χ1) is 8.08. The number of aryl methyl sites for hydroxylation is 1. The largest absolute Gasteiger partial charge is 0.351 e. The van der Waals surface area contributed by atoms with E-state index in [1.165, 1.54) is 0 Å². The van der Waals surface area contributed by atoms with Gasteiger partial charge < -0.3 is 15.2 Å². The van der Waals surface area contributed by atoms with Gasteiger partial charge in [0.1, 0.15) is 0 Å². The lowest BCUT2D eigenvalue weighted by Crippen LogP contribution is -2.55. The Balaban J connectivity index is 2.02. The number of nitrogens with zero attached hydrogens (tertiary/aromatic N) is 1. The molecule has 1 aromatic heterocycles. The Kier molecular flexibility index (Phi) is 3.47. The molecular formula is C12H19N3O2. The van der Waals surface area contributed by atoms with Crippen molar-refractivity contribution in [3.63, 3.8) is 0 Å². The zero-order chi connectivity index (χ0) is 12.4. The van der Waals surface area contributed by atoms with E-state index in [1.807, 2.05) is 0 Å². The second-order valence-electron chi connectivity index (χ2n) is 4.84. The molecule has 3 unspecified atom stereocenters. The van der Waals surface area contributed by atoms with E-state index in [9.17, 15) is 4.79 Å². The number of hydrogen-bond donors (Lipinski definition) is 2. The molecule has 2 heterocycles. The van der Waals surface area contributed by atoms with E-state index in [2.05, 4.69) is 29.6 Å². The molecule has 0 radical (unpaired) electrons. The molecule has 0 aromatic carbocycles. The van der Waals surface area contributed by atoms with Crippen LogP contribution in [0.5, 0.6) is 0 Å². The van der Waals surface area contributed by atoms with Gasteiger partial charge in [0.05, 0.1) is 5.69 Å². The van der Waals surface area contributed by atoms with Gasteiger partial charge in [0.15, 0.2) is 0 Å². The molecule has 0 spiro atoms. The first-order valence-electron chi connectivity index (χ1n) is 6.05. The molecule has 1 amide bonds. The third-order valence-corrected chi connectivity index (χ3v) is 3.37. The first-order valence-corrected chi connectivity index (χ1v) is 6.05. The van der Waals surface area contributed by atoms with Crippen molar-refractivity contribution in [3.8, 4) is 0 Å². The van der Waals surface area contributed by atoms with Crippen LogP contribution in [0.3, 0.4) is 0 Å². The molecule has 3 atom stereocenters. The highest BCUT2D eigenvalue weighted by Crippen LogP contribution is 2.16. The fraction of sp³-hybridized carbons (Fsp3) is 0.667. The van der Waals surface area contributed by atoms with Gasteiger partial charge in [-0.3, -0.25) is 4.79 Å². The highest BCUT2D eigenvalue weighted by atomic mass is 16.5. The fourth-order valence-electron chi connectivity index (χ4n) is 2.30. The second-order valence-corrected chi connectivity index (χ2v) is 4.84. The molecule has 1 saturated heterocycles. The average molecular weight is 237 g/mol. The lowest BCUT2D eigenvalue weighted by molar-refractivity contribution is 0.0860. The molecule has 0 aliphatic carbocycles. The summed E-state index contributed by atoms with van der Waals surface area (Å²) in [6.07, 6.45) is 1.07. The van der Waals surface area contributed by atoms with Gasteiger partial charge >= 0.3 is 0 Å². The molecule has 1 aliphatic rings. The van der Waals surface area contributed by atoms with Crippen molar-refractivity contribution in [1.29, 1.82) is 0 Å². The normalized spacial score (nSPS) is 29.0. The Bertz CT molecular complexity index is 392. The monoisotopic (exact) mass is 237 g/mol. The van der Waals surface area contributed by atoms with E-state index in [0.717, 1.165) is 18.7 Å². The molecule has 5 nitrogen and oxygen atoms in total. The van der Waals surface area contributed by atoms with Crippen LogP contribution in [-0.2, 0) is 0 Å². The van der Waals surface area contributed by atoms with Crippen molar-refractivity contribution in [2.75, 3.05) is 6.54 Å². The SMILES string of the molecule is Cc1cc(C(=O)NC2C(C)CCNC2C)on1. The number of hydrogen-bond acceptors (Lipinski definition) is 4. The van der Waals surface area contributed by atoms with Crippen LogP contribution in [0.2, 0.25) is 0 Å². The molecular weight excluding hydrogens is 218 g/mol. The van der Waals surface area contributed by atoms with E-state index < -0.39 is 0 Å². The minimum atomic E-state index is -0.182. The van der Waals surface area contributed by atoms with Crippen LogP contribution >= 0.6 is 0 Å². The summed E-state index contributed by atoms with van der Waals surface area (Å²) in [6.45, 7) is 7.06. The summed E-state index contributed by atoms with van der Waals surface area (Å²) in [5, 5.41) is 10.1. The quantitative estimate of drug-likeness (QED) is 0.808. The van der Waals surface area contributed by atoms with Gasteiger partial charge in [0.25, 0.3) is 5.91 Å². The van der Waals surface area contributed by atoms with Crippen LogP contribution < -0.4 is 10.6 Å². The molecule has 0 saturated carbocycles. The van der Waals surface area contributed by atoms with E-state index in [-0.39, 0.29) is 23.8 Å². The third-order valence-electron chi connectivity index (χ3n) is 3.37. The van der Waals surface area contributed by atoms with Crippen LogP contribution in [0.15, 0.2) is 10.6 Å². The zero-order valence-corrected chi connectivity index (χ0v) is 10.5. The smallest absolute Gasteiger partial charge is 0.290 e. The molecule has 94 valence electrons. The second kappa shape index (κ2) is 4.87. The van der Waals surface area contributed by atoms with Gasteiger partial charge in [-0.1, -0.05) is 12.1 Å². The first kappa shape index (κ1) is 12.1. The van der Waals surface area contributed by atoms with Gasteiger partial charge in [0, 0.05) is 18.2 Å². The van der Waals surface area contributed by atoms with E-state index in [0.29, 0.717) is 5.92 Å². The van der Waals surface area contributed by atoms with E-state index >= 15 is 0 Å². The van der Waals surface area contributed by atoms with Gasteiger partial charge in [0.2, 0.25) is 5.76 Å². The Hall–Kier alpha value is -1.36. The number of aromatic nitrogens is 1. The Morgan fingerprint density at radius 3 is 2.94 bits per heavy atom. The number of piperidine rings is 1. The summed E-state index contributed by atoms with van der Waals surface area (Å²) >= 11 is 0. The standard InChI is InChI=1S/C12H19N3O2/c1-7-4-5-13-9(3)11(7)14-12(16)10-6-8(2)15-17-10/h6-7,9,11,13H,4-5H2,1-3H3,(H,14,16). The van der Waals surface area contributed by atoms with Gasteiger partial charge in [-0.15, -0.1) is 0 Å². The maximum atomic E-state index is 11.9. The van der Waals surface area contributed by atoms with E-state index in [4.69, 9.17) is 4.52 Å². The molecule has 0 bridgehead atoms. The average Bonchev–Trinajstić information content (AvgIpc) is 2.70. The summed E-state index contributed by atoms with van der Waals surface area (Å²) in [5.41, 5.74) is 0.720. The van der Waals surface area contributed by atoms with Crippen LogP contribution in [0.1, 0.15) is 36.5 Å². The van der Waals surface area contributed by atoms with Gasteiger partial charge in [-0.2, -0.15) is 0 Å². The van der Waals surface area contributed by atoms with Crippen molar-refractivity contribution < 1.29 is 9.32 Å². The number of carbonyl (C=O) groups excluding carboxylic acids is 1. The maximum Gasteiger partial charge on any atom is 0.290 e. The van der Waals surface area contributed by atoms with Crippen molar-refractivity contribution in [2.24, 2.45) is 5.92 Å². The van der Waals surface area contributed by atoms with Crippen molar-refractivity contribution in [3.05, 3.63) is 17.5 Å². The molecule has 5 heteroatoms. The minimum absolute atomic E-state index is 0.140. The summed E-state index contributed by atoms with van der Waals surface area (Å²) in [5.74, 6) is 0.574. The molecule has 1 aromatic rings. The third kappa shape index (κ3) is 2.66. The van der Waals surface area contributed by atoms with Gasteiger partial charge in [-0.25, -0.2) is 0 Å². The zero-order valence-electron chi connectivity index (χ0n) is 10.5. The van der Waals surface area contributed by atoms with Crippen LogP contribution in [0.4, 0.5) is 0 Å². The molecule has 1 aliphatic heterocycles. The lowest BCUT2D eigenvalue weighted by atomic mass is 9.89. The fourth-order valence-corrected chi connectivity index (χ4v) is 2.30. The summed E-state index contributed by atoms with van der Waals surface area (Å²) in [4.78, 5) is 11.9. The topological polar surface area (TPSA) is 67.2 Å². The number of carbonyl (C=O) groups is 1. The highest BCUT2D eigenvalue weighted by Gasteiger charge is 2.29. The van der Waals surface area contributed by atoms with Gasteiger partial charge in [-0.05, 0) is 32.7 Å². The predicted molar refractivity (Wildman–Crippen MR) is 63.7 cm³/mol. The highest BCUT2D eigenvalue weighted by molar-refractivity contribution is 5.91. The van der Waals surface area contributed by atoms with Crippen molar-refractivity contribution >= 4 is 5.91 Å². The minimum Gasteiger partial charge on any atom is -0.351 e. The van der Waals surface area contributed by atoms with Crippen molar-refractivity contribution in [2.45, 2.75) is 39.3 Å². The van der Waals surface area contributed by atoms with Crippen LogP contribution in [-0.4, -0.2) is 29.7 Å². The number of amides is 1. The summed E-state index contributed by atoms with van der Waals surface area (Å²) < 4.78 is 4.96. The van der Waals surface area contributed by atoms with Crippen molar-refractivity contribution in [1.82, 2.24) is 15.8 Å². The van der Waals surface area contributed by atoms with Crippen LogP contribution in [0, 0.1) is 12.8 Å². The Morgan fingerprint density at radius 1 is 1.59 bits per heavy atom. The Morgan fingerprint density at radius 2 is 2.35 bits per heavy atom. The summed E-state index contributed by atoms with van der Waals surface area (Å²) in [7, 11) is 0. The van der Waals surface area contributed by atoms with E-state index in [1.54, 1.807) is 13.0 Å². The molecule has 2 rings (SSSR count). The Labute approximate surface area is 101 Å². The molecule has 1 fully saturated rings. The summed E-state index contributed by atoms with van der Waals surface area (Å²) in [6, 6.07) is 2.08. The molecule has 2 N–H and O–H groups in total.